The standard InChI is InChI=1S/C13H28N2O/c1-6-11(7-2)15-12(16)10-14-13(5,8-3)9-4/h11,14H,6-10H2,1-5H3,(H,15,16). The van der Waals surface area contributed by atoms with Gasteiger partial charge in [0.2, 0.25) is 5.91 Å². The van der Waals surface area contributed by atoms with Crippen molar-refractivity contribution in [3.8, 4) is 0 Å². The first-order valence-electron chi connectivity index (χ1n) is 6.55. The van der Waals surface area contributed by atoms with Crippen LogP contribution in [0.3, 0.4) is 0 Å². The van der Waals surface area contributed by atoms with Crippen LogP contribution in [-0.4, -0.2) is 24.0 Å². The topological polar surface area (TPSA) is 41.1 Å². The second kappa shape index (κ2) is 7.66. The van der Waals surface area contributed by atoms with Crippen molar-refractivity contribution in [2.75, 3.05) is 6.54 Å². The third-order valence-corrected chi connectivity index (χ3v) is 3.59. The third kappa shape index (κ3) is 5.50. The Balaban J connectivity index is 3.97. The van der Waals surface area contributed by atoms with Crippen LogP contribution in [0.15, 0.2) is 0 Å². The molecular formula is C13H28N2O. The maximum atomic E-state index is 11.7. The Morgan fingerprint density at radius 3 is 2.00 bits per heavy atom. The molecule has 0 aliphatic rings. The van der Waals surface area contributed by atoms with E-state index >= 15 is 0 Å². The lowest BCUT2D eigenvalue weighted by Crippen LogP contribution is -2.48. The van der Waals surface area contributed by atoms with Crippen molar-refractivity contribution in [1.29, 1.82) is 0 Å². The maximum Gasteiger partial charge on any atom is 0.234 e. The monoisotopic (exact) mass is 228 g/mol. The van der Waals surface area contributed by atoms with Crippen LogP contribution in [0.25, 0.3) is 0 Å². The van der Waals surface area contributed by atoms with E-state index in [1.165, 1.54) is 0 Å². The van der Waals surface area contributed by atoms with Gasteiger partial charge in [-0.05, 0) is 32.6 Å². The quantitative estimate of drug-likeness (QED) is 0.670. The molecule has 16 heavy (non-hydrogen) atoms. The van der Waals surface area contributed by atoms with E-state index in [-0.39, 0.29) is 11.4 Å². The predicted molar refractivity (Wildman–Crippen MR) is 69.5 cm³/mol. The molecule has 0 aromatic rings. The fourth-order valence-electron chi connectivity index (χ4n) is 1.57. The van der Waals surface area contributed by atoms with Crippen LogP contribution in [0.5, 0.6) is 0 Å². The van der Waals surface area contributed by atoms with Gasteiger partial charge < -0.3 is 10.6 Å². The summed E-state index contributed by atoms with van der Waals surface area (Å²) < 4.78 is 0. The Labute approximate surface area is 100 Å². The number of carbonyl (C=O) groups excluding carboxylic acids is 1. The van der Waals surface area contributed by atoms with Gasteiger partial charge in [0.1, 0.15) is 0 Å². The largest absolute Gasteiger partial charge is 0.352 e. The average molecular weight is 228 g/mol. The molecule has 3 nitrogen and oxygen atoms in total. The summed E-state index contributed by atoms with van der Waals surface area (Å²) in [5.41, 5.74) is 0.0886. The highest BCUT2D eigenvalue weighted by Crippen LogP contribution is 2.12. The first-order chi connectivity index (χ1) is 7.51. The number of hydrogen-bond donors (Lipinski definition) is 2. The summed E-state index contributed by atoms with van der Waals surface area (Å²) in [6.07, 6.45) is 4.09. The highest BCUT2D eigenvalue weighted by molar-refractivity contribution is 5.78. The molecule has 0 aromatic heterocycles. The minimum absolute atomic E-state index is 0.0886. The lowest BCUT2D eigenvalue weighted by atomic mass is 9.96. The van der Waals surface area contributed by atoms with E-state index < -0.39 is 0 Å². The summed E-state index contributed by atoms with van der Waals surface area (Å²) in [5.74, 6) is 0.113. The molecule has 96 valence electrons. The molecule has 1 amide bonds. The molecule has 0 atom stereocenters. The number of nitrogens with one attached hydrogen (secondary N) is 2. The van der Waals surface area contributed by atoms with Gasteiger partial charge in [0.05, 0.1) is 6.54 Å². The molecule has 2 N–H and O–H groups in total. The van der Waals surface area contributed by atoms with Crippen LogP contribution < -0.4 is 10.6 Å². The Bertz CT molecular complexity index is 196. The molecule has 0 spiro atoms. The van der Waals surface area contributed by atoms with Crippen molar-refractivity contribution in [2.24, 2.45) is 0 Å². The number of rotatable bonds is 8. The van der Waals surface area contributed by atoms with Gasteiger partial charge in [0, 0.05) is 11.6 Å². The molecule has 0 saturated carbocycles. The van der Waals surface area contributed by atoms with Crippen LogP contribution in [0.2, 0.25) is 0 Å². The second-order valence-electron chi connectivity index (χ2n) is 4.70. The molecule has 0 unspecified atom stereocenters. The molecule has 0 heterocycles. The SMILES string of the molecule is CCC(CC)NC(=O)CNC(C)(CC)CC. The summed E-state index contributed by atoms with van der Waals surface area (Å²) in [6, 6.07) is 0.323. The normalized spacial score (nSPS) is 11.9. The molecule has 0 bridgehead atoms. The van der Waals surface area contributed by atoms with Crippen molar-refractivity contribution < 1.29 is 4.79 Å². The van der Waals surface area contributed by atoms with Gasteiger partial charge in [-0.15, -0.1) is 0 Å². The fraction of sp³-hybridized carbons (Fsp3) is 0.923. The van der Waals surface area contributed by atoms with Gasteiger partial charge >= 0.3 is 0 Å². The van der Waals surface area contributed by atoms with Crippen LogP contribution in [0, 0.1) is 0 Å². The molecule has 0 aromatic carbocycles. The molecule has 0 fully saturated rings. The molecule has 0 aliphatic carbocycles. The Morgan fingerprint density at radius 1 is 1.12 bits per heavy atom. The van der Waals surface area contributed by atoms with E-state index in [0.29, 0.717) is 12.6 Å². The van der Waals surface area contributed by atoms with Gasteiger partial charge in [-0.1, -0.05) is 27.7 Å². The maximum absolute atomic E-state index is 11.7. The number of hydrogen-bond acceptors (Lipinski definition) is 2. The fourth-order valence-corrected chi connectivity index (χ4v) is 1.57. The third-order valence-electron chi connectivity index (χ3n) is 3.59. The summed E-state index contributed by atoms with van der Waals surface area (Å²) in [6.45, 7) is 11.1. The highest BCUT2D eigenvalue weighted by atomic mass is 16.2. The number of carbonyl (C=O) groups is 1. The van der Waals surface area contributed by atoms with E-state index in [9.17, 15) is 4.79 Å². The second-order valence-corrected chi connectivity index (χ2v) is 4.70. The molecular weight excluding hydrogens is 200 g/mol. The summed E-state index contributed by atoms with van der Waals surface area (Å²) >= 11 is 0. The molecule has 0 aliphatic heterocycles. The van der Waals surface area contributed by atoms with E-state index in [1.807, 2.05) is 0 Å². The minimum atomic E-state index is 0.0886. The molecule has 0 saturated heterocycles. The minimum Gasteiger partial charge on any atom is -0.352 e. The van der Waals surface area contributed by atoms with E-state index in [0.717, 1.165) is 25.7 Å². The summed E-state index contributed by atoms with van der Waals surface area (Å²) in [5, 5.41) is 6.37. The van der Waals surface area contributed by atoms with Gasteiger partial charge in [-0.2, -0.15) is 0 Å². The summed E-state index contributed by atoms with van der Waals surface area (Å²) in [7, 11) is 0. The zero-order valence-corrected chi connectivity index (χ0v) is 11.5. The lowest BCUT2D eigenvalue weighted by molar-refractivity contribution is -0.121. The number of amides is 1. The van der Waals surface area contributed by atoms with E-state index in [1.54, 1.807) is 0 Å². The smallest absolute Gasteiger partial charge is 0.234 e. The van der Waals surface area contributed by atoms with Crippen molar-refractivity contribution in [1.82, 2.24) is 10.6 Å². The van der Waals surface area contributed by atoms with Crippen LogP contribution >= 0.6 is 0 Å². The van der Waals surface area contributed by atoms with Crippen molar-refractivity contribution in [3.63, 3.8) is 0 Å². The molecule has 0 rings (SSSR count). The van der Waals surface area contributed by atoms with Gasteiger partial charge in [0.15, 0.2) is 0 Å². The van der Waals surface area contributed by atoms with Crippen LogP contribution in [0.1, 0.15) is 60.3 Å². The van der Waals surface area contributed by atoms with Gasteiger partial charge in [-0.25, -0.2) is 0 Å². The Hall–Kier alpha value is -0.570. The molecule has 3 heteroatoms. The Kier molecular flexibility index (Phi) is 7.39. The van der Waals surface area contributed by atoms with Crippen molar-refractivity contribution in [3.05, 3.63) is 0 Å². The van der Waals surface area contributed by atoms with E-state index in [2.05, 4.69) is 45.3 Å². The molecule has 0 radical (unpaired) electrons. The zero-order chi connectivity index (χ0) is 12.6. The average Bonchev–Trinajstić information content (AvgIpc) is 2.33. The van der Waals surface area contributed by atoms with E-state index in [4.69, 9.17) is 0 Å². The first kappa shape index (κ1) is 15.4. The van der Waals surface area contributed by atoms with Crippen molar-refractivity contribution >= 4 is 5.91 Å². The predicted octanol–water partition coefficient (Wildman–Crippen LogP) is 2.46. The van der Waals surface area contributed by atoms with Crippen LogP contribution in [0.4, 0.5) is 0 Å². The van der Waals surface area contributed by atoms with Crippen molar-refractivity contribution in [2.45, 2.75) is 71.9 Å². The summed E-state index contributed by atoms with van der Waals surface area (Å²) in [4.78, 5) is 11.7. The highest BCUT2D eigenvalue weighted by Gasteiger charge is 2.19. The Morgan fingerprint density at radius 2 is 1.62 bits per heavy atom. The first-order valence-corrected chi connectivity index (χ1v) is 6.55. The zero-order valence-electron chi connectivity index (χ0n) is 11.5. The lowest BCUT2D eigenvalue weighted by Gasteiger charge is -2.28. The van der Waals surface area contributed by atoms with Gasteiger partial charge in [0.25, 0.3) is 0 Å². The van der Waals surface area contributed by atoms with Gasteiger partial charge in [-0.3, -0.25) is 4.79 Å². The van der Waals surface area contributed by atoms with Crippen LogP contribution in [-0.2, 0) is 4.79 Å².